The second-order valence-electron chi connectivity index (χ2n) is 10.3. The Kier molecular flexibility index (Phi) is 6.15. The van der Waals surface area contributed by atoms with Crippen LogP contribution >= 0.6 is 0 Å². The number of fused-ring (bicyclic) bond motifs is 2. The Morgan fingerprint density at radius 3 is 2.42 bits per heavy atom. The van der Waals surface area contributed by atoms with Crippen molar-refractivity contribution < 1.29 is 14.3 Å². The van der Waals surface area contributed by atoms with Crippen LogP contribution in [-0.2, 0) is 10.2 Å². The summed E-state index contributed by atoms with van der Waals surface area (Å²) >= 11 is 0. The van der Waals surface area contributed by atoms with Crippen molar-refractivity contribution in [3.8, 4) is 11.8 Å². The third-order valence-corrected chi connectivity index (χ3v) is 8.48. The number of rotatable bonds is 6. The van der Waals surface area contributed by atoms with Gasteiger partial charge in [0.15, 0.2) is 0 Å². The molecule has 2 bridgehead atoms. The third-order valence-electron chi connectivity index (χ3n) is 8.48. The van der Waals surface area contributed by atoms with Crippen molar-refractivity contribution in [1.29, 1.82) is 5.26 Å². The summed E-state index contributed by atoms with van der Waals surface area (Å²) in [5, 5.41) is 9.95. The van der Waals surface area contributed by atoms with Crippen LogP contribution in [0.5, 0.6) is 5.75 Å². The molecule has 4 nitrogen and oxygen atoms in total. The van der Waals surface area contributed by atoms with Gasteiger partial charge in [0.2, 0.25) is 0 Å². The zero-order chi connectivity index (χ0) is 22.8. The van der Waals surface area contributed by atoms with E-state index in [2.05, 4.69) is 30.3 Å². The zero-order valence-corrected chi connectivity index (χ0v) is 19.5. The maximum Gasteiger partial charge on any atom is 0.337 e. The van der Waals surface area contributed by atoms with Crippen molar-refractivity contribution in [1.82, 2.24) is 0 Å². The predicted octanol–water partition coefficient (Wildman–Crippen LogP) is 6.41. The molecule has 0 N–H and O–H groups in total. The van der Waals surface area contributed by atoms with Gasteiger partial charge in [0.05, 0.1) is 24.8 Å². The van der Waals surface area contributed by atoms with Crippen molar-refractivity contribution >= 4 is 5.97 Å². The highest BCUT2D eigenvalue weighted by molar-refractivity contribution is 5.89. The second kappa shape index (κ2) is 9.21. The molecule has 0 amide bonds. The summed E-state index contributed by atoms with van der Waals surface area (Å²) in [6.07, 6.45) is 11.2. The number of nitrogens with zero attached hydrogens (tertiary/aromatic N) is 1. The molecule has 3 unspecified atom stereocenters. The molecule has 3 aliphatic carbocycles. The van der Waals surface area contributed by atoms with E-state index in [0.717, 1.165) is 12.3 Å². The van der Waals surface area contributed by atoms with Crippen molar-refractivity contribution in [2.75, 3.05) is 13.7 Å². The van der Waals surface area contributed by atoms with Gasteiger partial charge in [-0.25, -0.2) is 4.79 Å². The van der Waals surface area contributed by atoms with Crippen LogP contribution in [0.25, 0.3) is 0 Å². The first-order valence-electron chi connectivity index (χ1n) is 12.5. The molecule has 3 atom stereocenters. The topological polar surface area (TPSA) is 59.3 Å². The van der Waals surface area contributed by atoms with Gasteiger partial charge in [0.1, 0.15) is 11.8 Å². The van der Waals surface area contributed by atoms with Crippen molar-refractivity contribution in [3.05, 3.63) is 64.7 Å². The Morgan fingerprint density at radius 2 is 1.79 bits per heavy atom. The van der Waals surface area contributed by atoms with Crippen LogP contribution in [0.4, 0.5) is 0 Å². The molecular weight excluding hydrogens is 410 g/mol. The van der Waals surface area contributed by atoms with Gasteiger partial charge >= 0.3 is 5.97 Å². The van der Waals surface area contributed by atoms with Crippen LogP contribution in [0.3, 0.4) is 0 Å². The lowest BCUT2D eigenvalue weighted by Gasteiger charge is -2.39. The summed E-state index contributed by atoms with van der Waals surface area (Å²) in [5.74, 6) is 2.30. The lowest BCUT2D eigenvalue weighted by atomic mass is 9.64. The van der Waals surface area contributed by atoms with Crippen LogP contribution in [0.2, 0.25) is 0 Å². The molecule has 0 spiro atoms. The highest BCUT2D eigenvalue weighted by Gasteiger charge is 2.52. The van der Waals surface area contributed by atoms with Crippen LogP contribution in [0.15, 0.2) is 42.5 Å². The molecule has 0 aliphatic heterocycles. The number of methoxy groups -OCH3 is 1. The minimum absolute atomic E-state index is 0.106. The Bertz CT molecular complexity index is 1050. The van der Waals surface area contributed by atoms with E-state index in [1.807, 2.05) is 18.2 Å². The fourth-order valence-corrected chi connectivity index (χ4v) is 6.81. The minimum Gasteiger partial charge on any atom is -0.492 e. The zero-order valence-electron chi connectivity index (χ0n) is 19.5. The molecule has 172 valence electrons. The summed E-state index contributed by atoms with van der Waals surface area (Å²) in [6, 6.07) is 16.6. The van der Waals surface area contributed by atoms with Crippen LogP contribution in [0, 0.1) is 29.1 Å². The maximum atomic E-state index is 11.9. The largest absolute Gasteiger partial charge is 0.492 e. The van der Waals surface area contributed by atoms with Gasteiger partial charge in [0, 0.05) is 5.41 Å². The number of nitriles is 1. The van der Waals surface area contributed by atoms with Crippen LogP contribution in [0.1, 0.15) is 84.8 Å². The van der Waals surface area contributed by atoms with Crippen molar-refractivity contribution in [2.24, 2.45) is 17.8 Å². The quantitative estimate of drug-likeness (QED) is 0.484. The molecule has 3 fully saturated rings. The normalized spacial score (nSPS) is 26.7. The summed E-state index contributed by atoms with van der Waals surface area (Å²) in [7, 11) is 1.41. The predicted molar refractivity (Wildman–Crippen MR) is 127 cm³/mol. The van der Waals surface area contributed by atoms with E-state index in [1.54, 1.807) is 0 Å². The Labute approximate surface area is 196 Å². The average molecular weight is 444 g/mol. The fourth-order valence-electron chi connectivity index (χ4n) is 6.81. The third kappa shape index (κ3) is 4.03. The number of carbonyl (C=O) groups excluding carboxylic acids is 1. The molecule has 0 radical (unpaired) electrons. The van der Waals surface area contributed by atoms with E-state index < -0.39 is 0 Å². The van der Waals surface area contributed by atoms with Gasteiger partial charge in [-0.1, -0.05) is 43.9 Å². The minimum atomic E-state index is -0.310. The maximum absolute atomic E-state index is 11.9. The summed E-state index contributed by atoms with van der Waals surface area (Å²) < 4.78 is 11.0. The van der Waals surface area contributed by atoms with E-state index in [1.165, 1.54) is 69.6 Å². The fraction of sp³-hybridized carbons (Fsp3) is 0.517. The number of hydrogen-bond donors (Lipinski definition) is 0. The van der Waals surface area contributed by atoms with Crippen molar-refractivity contribution in [3.63, 3.8) is 0 Å². The van der Waals surface area contributed by atoms with Crippen LogP contribution < -0.4 is 4.74 Å². The number of benzene rings is 2. The number of ether oxygens (including phenoxy) is 2. The van der Waals surface area contributed by atoms with Gasteiger partial charge < -0.3 is 9.47 Å². The molecule has 0 aromatic heterocycles. The molecule has 5 rings (SSSR count). The summed E-state index contributed by atoms with van der Waals surface area (Å²) in [5.41, 5.74) is 3.55. The summed E-state index contributed by atoms with van der Waals surface area (Å²) in [6.45, 7) is 0.707. The summed E-state index contributed by atoms with van der Waals surface area (Å²) in [4.78, 5) is 11.9. The highest BCUT2D eigenvalue weighted by Crippen LogP contribution is 2.60. The number of esters is 1. The second-order valence-corrected chi connectivity index (χ2v) is 10.3. The molecule has 33 heavy (non-hydrogen) atoms. The monoisotopic (exact) mass is 443 g/mol. The Hall–Kier alpha value is -2.80. The first kappa shape index (κ1) is 22.0. The Morgan fingerprint density at radius 1 is 1.03 bits per heavy atom. The lowest BCUT2D eigenvalue weighted by Crippen LogP contribution is -2.34. The Balaban J connectivity index is 1.46. The van der Waals surface area contributed by atoms with E-state index in [0.29, 0.717) is 35.3 Å². The van der Waals surface area contributed by atoms with Gasteiger partial charge in [-0.05, 0) is 85.3 Å². The molecule has 2 aromatic carbocycles. The van der Waals surface area contributed by atoms with Gasteiger partial charge in [-0.3, -0.25) is 0 Å². The van der Waals surface area contributed by atoms with E-state index in [-0.39, 0.29) is 11.4 Å². The van der Waals surface area contributed by atoms with Crippen molar-refractivity contribution in [2.45, 2.75) is 63.2 Å². The van der Waals surface area contributed by atoms with E-state index in [4.69, 9.17) is 9.47 Å². The standard InChI is InChI=1S/C29H33NO3/c1-32-28(31)22-8-11-24(12-9-22)29(17-21-7-10-25(29)15-21)26-13-14-27(23(16-26)18-30)33-19-20-5-3-2-4-6-20/h8-9,11-14,16,20-21,25H,2-7,10,15,17,19H2,1H3. The molecule has 3 saturated carbocycles. The van der Waals surface area contributed by atoms with E-state index >= 15 is 0 Å². The smallest absolute Gasteiger partial charge is 0.337 e. The van der Waals surface area contributed by atoms with E-state index in [9.17, 15) is 10.1 Å². The highest BCUT2D eigenvalue weighted by atomic mass is 16.5. The molecule has 0 saturated heterocycles. The molecule has 2 aromatic rings. The van der Waals surface area contributed by atoms with Gasteiger partial charge in [-0.15, -0.1) is 0 Å². The molecular formula is C29H33NO3. The van der Waals surface area contributed by atoms with Gasteiger partial charge in [0.25, 0.3) is 0 Å². The average Bonchev–Trinajstić information content (AvgIpc) is 3.50. The van der Waals surface area contributed by atoms with Gasteiger partial charge in [-0.2, -0.15) is 5.26 Å². The first-order chi connectivity index (χ1) is 16.1. The SMILES string of the molecule is COC(=O)c1ccc(C2(c3ccc(OCC4CCCCC4)c(C#N)c3)CC3CCC2C3)cc1. The number of carbonyl (C=O) groups is 1. The lowest BCUT2D eigenvalue weighted by molar-refractivity contribution is 0.0600. The first-order valence-corrected chi connectivity index (χ1v) is 12.5. The molecule has 3 aliphatic rings. The molecule has 0 heterocycles. The number of hydrogen-bond acceptors (Lipinski definition) is 4. The molecule has 4 heteroatoms. The van der Waals surface area contributed by atoms with Crippen LogP contribution in [-0.4, -0.2) is 19.7 Å².